The van der Waals surface area contributed by atoms with E-state index < -0.39 is 0 Å². The molecule has 0 spiro atoms. The molecule has 5 nitrogen and oxygen atoms in total. The topological polar surface area (TPSA) is 58.1 Å². The summed E-state index contributed by atoms with van der Waals surface area (Å²) in [5, 5.41) is 6.13. The third kappa shape index (κ3) is 3.88. The number of halogens is 1. The highest BCUT2D eigenvalue weighted by atomic mass is 35.5. The lowest BCUT2D eigenvalue weighted by Crippen LogP contribution is -2.38. The predicted molar refractivity (Wildman–Crippen MR) is 82.0 cm³/mol. The van der Waals surface area contributed by atoms with Gasteiger partial charge in [0.25, 0.3) is 0 Å². The molecule has 0 aliphatic carbocycles. The van der Waals surface area contributed by atoms with Crippen LogP contribution < -0.4 is 5.32 Å². The number of nitrogens with one attached hydrogen (secondary N) is 1. The maximum absolute atomic E-state index is 11.7. The molecule has 108 valence electrons. The van der Waals surface area contributed by atoms with Crippen LogP contribution in [0.25, 0.3) is 10.2 Å². The molecule has 1 amide bonds. The number of hydrogen-bond acceptors (Lipinski definition) is 5. The first-order chi connectivity index (χ1) is 9.45. The molecule has 0 aliphatic rings. The minimum absolute atomic E-state index is 0.00852. The lowest BCUT2D eigenvalue weighted by atomic mass is 10.3. The van der Waals surface area contributed by atoms with E-state index >= 15 is 0 Å². The van der Waals surface area contributed by atoms with Crippen LogP contribution in [-0.2, 0) is 11.3 Å². The summed E-state index contributed by atoms with van der Waals surface area (Å²) in [6, 6.07) is 2.05. The Kier molecular flexibility index (Phi) is 4.91. The largest absolute Gasteiger partial charge is 0.353 e. The molecule has 0 saturated carbocycles. The maximum Gasteiger partial charge on any atom is 0.234 e. The summed E-state index contributed by atoms with van der Waals surface area (Å²) in [4.78, 5) is 23.1. The summed E-state index contributed by atoms with van der Waals surface area (Å²) in [7, 11) is 1.86. The van der Waals surface area contributed by atoms with Gasteiger partial charge in [0, 0.05) is 11.4 Å². The number of carbonyl (C=O) groups is 1. The van der Waals surface area contributed by atoms with Gasteiger partial charge in [-0.05, 0) is 32.3 Å². The van der Waals surface area contributed by atoms with Gasteiger partial charge < -0.3 is 5.32 Å². The summed E-state index contributed by atoms with van der Waals surface area (Å²) in [6.07, 6.45) is 0. The SMILES string of the molecule is CC(C)NC(=O)CN(C)Cc1nc(Cl)c2ccsc2n1. The Morgan fingerprint density at radius 1 is 1.50 bits per heavy atom. The van der Waals surface area contributed by atoms with Crippen LogP contribution in [0.3, 0.4) is 0 Å². The number of amides is 1. The molecule has 0 saturated heterocycles. The molecule has 0 radical (unpaired) electrons. The molecule has 2 rings (SSSR count). The van der Waals surface area contributed by atoms with Crippen molar-refractivity contribution in [3.05, 3.63) is 22.4 Å². The zero-order valence-corrected chi connectivity index (χ0v) is 13.3. The van der Waals surface area contributed by atoms with Gasteiger partial charge in [0.15, 0.2) is 0 Å². The average Bonchev–Trinajstić information content (AvgIpc) is 2.75. The van der Waals surface area contributed by atoms with Gasteiger partial charge in [-0.1, -0.05) is 11.6 Å². The number of nitrogens with zero attached hydrogens (tertiary/aromatic N) is 3. The zero-order valence-electron chi connectivity index (χ0n) is 11.7. The second-order valence-electron chi connectivity index (χ2n) is 4.96. The van der Waals surface area contributed by atoms with Crippen molar-refractivity contribution in [2.45, 2.75) is 26.4 Å². The van der Waals surface area contributed by atoms with Gasteiger partial charge in [0.2, 0.25) is 5.91 Å². The third-order valence-electron chi connectivity index (χ3n) is 2.60. The molecule has 7 heteroatoms. The van der Waals surface area contributed by atoms with E-state index in [9.17, 15) is 4.79 Å². The van der Waals surface area contributed by atoms with Crippen molar-refractivity contribution in [2.75, 3.05) is 13.6 Å². The van der Waals surface area contributed by atoms with Crippen molar-refractivity contribution in [2.24, 2.45) is 0 Å². The molecule has 0 atom stereocenters. The Bertz CT molecular complexity index is 613. The molecule has 0 aliphatic heterocycles. The molecule has 0 bridgehead atoms. The Balaban J connectivity index is 2.02. The molecule has 2 aromatic heterocycles. The van der Waals surface area contributed by atoms with Crippen LogP contribution in [0.5, 0.6) is 0 Å². The maximum atomic E-state index is 11.7. The number of hydrogen-bond donors (Lipinski definition) is 1. The summed E-state index contributed by atoms with van der Waals surface area (Å²) in [5.74, 6) is 0.621. The summed E-state index contributed by atoms with van der Waals surface area (Å²) < 4.78 is 0. The average molecular weight is 313 g/mol. The van der Waals surface area contributed by atoms with E-state index in [0.29, 0.717) is 24.1 Å². The van der Waals surface area contributed by atoms with E-state index in [0.717, 1.165) is 10.2 Å². The number of carbonyl (C=O) groups excluding carboxylic acids is 1. The molecule has 1 N–H and O–H groups in total. The normalized spacial score (nSPS) is 11.5. The standard InChI is InChI=1S/C13H17ClN4OS/c1-8(2)15-11(19)7-18(3)6-10-16-12(14)9-4-5-20-13(9)17-10/h4-5,8H,6-7H2,1-3H3,(H,15,19). The van der Waals surface area contributed by atoms with Gasteiger partial charge in [-0.25, -0.2) is 9.97 Å². The second kappa shape index (κ2) is 6.47. The first-order valence-corrected chi connectivity index (χ1v) is 7.59. The molecular formula is C13H17ClN4OS. The Labute approximate surface area is 127 Å². The molecule has 20 heavy (non-hydrogen) atoms. The van der Waals surface area contributed by atoms with E-state index in [1.54, 1.807) is 0 Å². The second-order valence-corrected chi connectivity index (χ2v) is 6.22. The van der Waals surface area contributed by atoms with Crippen molar-refractivity contribution in [3.8, 4) is 0 Å². The van der Waals surface area contributed by atoms with Crippen molar-refractivity contribution >= 4 is 39.1 Å². The smallest absolute Gasteiger partial charge is 0.234 e. The summed E-state index contributed by atoms with van der Waals surface area (Å²) >= 11 is 7.65. The molecule has 0 aromatic carbocycles. The van der Waals surface area contributed by atoms with E-state index in [-0.39, 0.29) is 11.9 Å². The van der Waals surface area contributed by atoms with Crippen LogP contribution in [0.4, 0.5) is 0 Å². The Morgan fingerprint density at radius 2 is 2.25 bits per heavy atom. The highest BCUT2D eigenvalue weighted by molar-refractivity contribution is 7.16. The van der Waals surface area contributed by atoms with Gasteiger partial charge in [0.05, 0.1) is 13.1 Å². The summed E-state index contributed by atoms with van der Waals surface area (Å²) in [5.41, 5.74) is 0. The minimum atomic E-state index is -0.00852. The lowest BCUT2D eigenvalue weighted by Gasteiger charge is -2.16. The van der Waals surface area contributed by atoms with Crippen molar-refractivity contribution in [3.63, 3.8) is 0 Å². The fraction of sp³-hybridized carbons (Fsp3) is 0.462. The van der Waals surface area contributed by atoms with Crippen LogP contribution in [0.2, 0.25) is 5.15 Å². The highest BCUT2D eigenvalue weighted by Gasteiger charge is 2.12. The monoisotopic (exact) mass is 312 g/mol. The Morgan fingerprint density at radius 3 is 2.95 bits per heavy atom. The zero-order chi connectivity index (χ0) is 14.7. The molecule has 2 aromatic rings. The van der Waals surface area contributed by atoms with Crippen molar-refractivity contribution in [1.29, 1.82) is 0 Å². The van der Waals surface area contributed by atoms with Crippen LogP contribution >= 0.6 is 22.9 Å². The highest BCUT2D eigenvalue weighted by Crippen LogP contribution is 2.24. The minimum Gasteiger partial charge on any atom is -0.353 e. The van der Waals surface area contributed by atoms with E-state index in [4.69, 9.17) is 11.6 Å². The van der Waals surface area contributed by atoms with Gasteiger partial charge in [-0.15, -0.1) is 11.3 Å². The van der Waals surface area contributed by atoms with E-state index in [1.807, 2.05) is 37.2 Å². The fourth-order valence-electron chi connectivity index (χ4n) is 1.84. The lowest BCUT2D eigenvalue weighted by molar-refractivity contribution is -0.122. The van der Waals surface area contributed by atoms with Crippen molar-refractivity contribution in [1.82, 2.24) is 20.2 Å². The van der Waals surface area contributed by atoms with Gasteiger partial charge in [-0.3, -0.25) is 9.69 Å². The van der Waals surface area contributed by atoms with Gasteiger partial charge in [0.1, 0.15) is 15.8 Å². The van der Waals surface area contributed by atoms with Gasteiger partial charge >= 0.3 is 0 Å². The fourth-order valence-corrected chi connectivity index (χ4v) is 2.93. The molecule has 0 fully saturated rings. The number of thiophene rings is 1. The van der Waals surface area contributed by atoms with Crippen LogP contribution in [0.1, 0.15) is 19.7 Å². The van der Waals surface area contributed by atoms with Crippen LogP contribution in [-0.4, -0.2) is 40.4 Å². The number of fused-ring (bicyclic) bond motifs is 1. The van der Waals surface area contributed by atoms with Crippen molar-refractivity contribution < 1.29 is 4.79 Å². The third-order valence-corrected chi connectivity index (χ3v) is 3.69. The van der Waals surface area contributed by atoms with Gasteiger partial charge in [-0.2, -0.15) is 0 Å². The number of rotatable bonds is 5. The first kappa shape index (κ1) is 15.2. The number of likely N-dealkylation sites (N-methyl/N-ethyl adjacent to an activating group) is 1. The van der Waals surface area contributed by atoms with E-state index in [2.05, 4.69) is 15.3 Å². The quantitative estimate of drug-likeness (QED) is 0.861. The Hall–Kier alpha value is -1.24. The number of aromatic nitrogens is 2. The molecule has 2 heterocycles. The summed E-state index contributed by atoms with van der Waals surface area (Å²) in [6.45, 7) is 4.66. The predicted octanol–water partition coefficient (Wildman–Crippen LogP) is 2.30. The molecular weight excluding hydrogens is 296 g/mol. The molecule has 0 unspecified atom stereocenters. The first-order valence-electron chi connectivity index (χ1n) is 6.33. The van der Waals surface area contributed by atoms with E-state index in [1.165, 1.54) is 11.3 Å². The van der Waals surface area contributed by atoms with Crippen LogP contribution in [0, 0.1) is 0 Å². The van der Waals surface area contributed by atoms with Crippen LogP contribution in [0.15, 0.2) is 11.4 Å².